The van der Waals surface area contributed by atoms with E-state index in [1.165, 1.54) is 17.9 Å². The number of carbonyl (C=O) groups excluding carboxylic acids is 1. The van der Waals surface area contributed by atoms with Crippen molar-refractivity contribution in [1.29, 1.82) is 0 Å². The number of likely N-dealkylation sites (tertiary alicyclic amines) is 1. The predicted octanol–water partition coefficient (Wildman–Crippen LogP) is -1.04. The first-order valence-corrected chi connectivity index (χ1v) is 12.2. The number of carbonyl (C=O) groups is 1. The zero-order valence-corrected chi connectivity index (χ0v) is 20.8. The van der Waals surface area contributed by atoms with Gasteiger partial charge in [-0.05, 0) is 39.2 Å². The summed E-state index contributed by atoms with van der Waals surface area (Å²) in [7, 11) is 2.98. The Kier molecular flexibility index (Phi) is 6.93. The first kappa shape index (κ1) is 25.5. The van der Waals surface area contributed by atoms with Gasteiger partial charge in [0, 0.05) is 33.6 Å². The second kappa shape index (κ2) is 9.49. The normalized spacial score (nSPS) is 25.3. The van der Waals surface area contributed by atoms with Gasteiger partial charge in [-0.1, -0.05) is 6.42 Å². The summed E-state index contributed by atoms with van der Waals surface area (Å²) < 4.78 is 10.3. The van der Waals surface area contributed by atoms with E-state index in [0.29, 0.717) is 45.3 Å². The van der Waals surface area contributed by atoms with E-state index in [4.69, 9.17) is 16.2 Å². The van der Waals surface area contributed by atoms with E-state index >= 15 is 0 Å². The van der Waals surface area contributed by atoms with Crippen LogP contribution in [0.4, 0.5) is 0 Å². The number of hydrogen-bond acceptors (Lipinski definition) is 8. The van der Waals surface area contributed by atoms with Gasteiger partial charge in [0.1, 0.15) is 0 Å². The summed E-state index contributed by atoms with van der Waals surface area (Å²) in [4.78, 5) is 44.0. The van der Waals surface area contributed by atoms with E-state index in [1.807, 2.05) is 0 Å². The highest BCUT2D eigenvalue weighted by Gasteiger charge is 2.50. The summed E-state index contributed by atoms with van der Waals surface area (Å²) in [6.07, 6.45) is 5.32. The molecule has 194 valence electrons. The topological polar surface area (TPSA) is 164 Å². The fraction of sp³-hybridized carbons (Fsp3) is 0.739. The van der Waals surface area contributed by atoms with E-state index in [1.54, 1.807) is 23.4 Å². The molecule has 4 rings (SSSR count). The number of aryl methyl sites for hydroxylation is 1. The van der Waals surface area contributed by atoms with Gasteiger partial charge in [-0.2, -0.15) is 0 Å². The maximum absolute atomic E-state index is 12.9. The summed E-state index contributed by atoms with van der Waals surface area (Å²) in [5.74, 6) is -0.0522. The SMILES string of the molecule is Cn1c(=O)c2c(ncn2[C@@H]2COC3(CCN(C(=O)[C@H](N)CCCCN)CC3)C[C@@]2(C)O)n(C)c1=O. The van der Waals surface area contributed by atoms with Crippen LogP contribution in [0.5, 0.6) is 0 Å². The number of piperidine rings is 1. The standard InChI is InChI=1S/C23H37N7O5/c1-22(34)13-23(7-10-29(11-8-23)19(31)15(25)6-4-5-9-24)35-12-16(22)30-14-26-18-17(30)20(32)28(3)21(33)27(18)2/h14-16,34H,4-13,24-25H2,1-3H3/t15-,16-,22-/m1/s1. The molecule has 0 unspecified atom stereocenters. The molecule has 2 aromatic rings. The lowest BCUT2D eigenvalue weighted by molar-refractivity contribution is -0.197. The van der Waals surface area contributed by atoms with Crippen molar-refractivity contribution in [2.24, 2.45) is 25.6 Å². The Hall–Kier alpha value is -2.54. The molecule has 3 atom stereocenters. The molecular formula is C23H37N7O5. The third-order valence-corrected chi connectivity index (χ3v) is 7.73. The minimum Gasteiger partial charge on any atom is -0.388 e. The van der Waals surface area contributed by atoms with Crippen LogP contribution in [0.1, 0.15) is 51.5 Å². The number of imidazole rings is 1. The molecule has 5 N–H and O–H groups in total. The summed E-state index contributed by atoms with van der Waals surface area (Å²) in [5.41, 5.74) is 9.46. The number of fused-ring (bicyclic) bond motifs is 1. The highest BCUT2D eigenvalue weighted by atomic mass is 16.5. The number of nitrogens with zero attached hydrogens (tertiary/aromatic N) is 5. The van der Waals surface area contributed by atoms with Crippen molar-refractivity contribution in [2.45, 2.75) is 68.7 Å². The van der Waals surface area contributed by atoms with Gasteiger partial charge in [-0.15, -0.1) is 0 Å². The summed E-state index contributed by atoms with van der Waals surface area (Å²) in [6.45, 7) is 3.54. The average molecular weight is 492 g/mol. The molecule has 2 aliphatic heterocycles. The summed E-state index contributed by atoms with van der Waals surface area (Å²) in [6, 6.07) is -1.08. The average Bonchev–Trinajstić information content (AvgIpc) is 3.25. The molecule has 4 heterocycles. The first-order chi connectivity index (χ1) is 16.5. The fourth-order valence-corrected chi connectivity index (χ4v) is 5.56. The Balaban J connectivity index is 1.48. The lowest BCUT2D eigenvalue weighted by Crippen LogP contribution is -2.59. The largest absolute Gasteiger partial charge is 0.388 e. The van der Waals surface area contributed by atoms with Crippen molar-refractivity contribution < 1.29 is 14.6 Å². The second-order valence-electron chi connectivity index (χ2n) is 10.3. The zero-order chi connectivity index (χ0) is 25.5. The number of unbranched alkanes of at least 4 members (excludes halogenated alkanes) is 1. The Morgan fingerprint density at radius 1 is 1.26 bits per heavy atom. The predicted molar refractivity (Wildman–Crippen MR) is 130 cm³/mol. The number of aliphatic hydroxyl groups is 1. The van der Waals surface area contributed by atoms with Gasteiger partial charge in [-0.25, -0.2) is 9.78 Å². The lowest BCUT2D eigenvalue weighted by Gasteiger charge is -2.51. The molecule has 0 saturated carbocycles. The first-order valence-electron chi connectivity index (χ1n) is 12.2. The highest BCUT2D eigenvalue weighted by Crippen LogP contribution is 2.44. The van der Waals surface area contributed by atoms with Crippen LogP contribution in [0.2, 0.25) is 0 Å². The molecule has 12 heteroatoms. The van der Waals surface area contributed by atoms with Crippen LogP contribution in [0, 0.1) is 0 Å². The van der Waals surface area contributed by atoms with E-state index < -0.39 is 34.5 Å². The number of aromatic nitrogens is 4. The van der Waals surface area contributed by atoms with Crippen LogP contribution in [0.15, 0.2) is 15.9 Å². The molecule has 0 aliphatic carbocycles. The molecule has 0 aromatic carbocycles. The van der Waals surface area contributed by atoms with Crippen LogP contribution >= 0.6 is 0 Å². The van der Waals surface area contributed by atoms with E-state index in [9.17, 15) is 19.5 Å². The van der Waals surface area contributed by atoms with Crippen molar-refractivity contribution >= 4 is 17.1 Å². The molecule has 0 bridgehead atoms. The lowest BCUT2D eigenvalue weighted by atomic mass is 9.75. The van der Waals surface area contributed by atoms with Crippen LogP contribution < -0.4 is 22.7 Å². The molecule has 2 fully saturated rings. The smallest absolute Gasteiger partial charge is 0.332 e. The maximum Gasteiger partial charge on any atom is 0.332 e. The maximum atomic E-state index is 12.9. The van der Waals surface area contributed by atoms with Crippen molar-refractivity contribution in [2.75, 3.05) is 26.2 Å². The monoisotopic (exact) mass is 491 g/mol. The van der Waals surface area contributed by atoms with Crippen LogP contribution in [-0.4, -0.2) is 78.1 Å². The minimum atomic E-state index is -1.20. The highest BCUT2D eigenvalue weighted by molar-refractivity contribution is 5.81. The summed E-state index contributed by atoms with van der Waals surface area (Å²) >= 11 is 0. The van der Waals surface area contributed by atoms with Crippen LogP contribution in [0.3, 0.4) is 0 Å². The molecule has 12 nitrogen and oxygen atoms in total. The van der Waals surface area contributed by atoms with Crippen molar-refractivity contribution in [3.05, 3.63) is 27.2 Å². The van der Waals surface area contributed by atoms with Gasteiger partial charge in [-0.3, -0.25) is 18.7 Å². The Morgan fingerprint density at radius 2 is 1.94 bits per heavy atom. The van der Waals surface area contributed by atoms with Gasteiger partial charge in [0.25, 0.3) is 5.56 Å². The van der Waals surface area contributed by atoms with Gasteiger partial charge < -0.3 is 30.8 Å². The van der Waals surface area contributed by atoms with Crippen molar-refractivity contribution in [3.63, 3.8) is 0 Å². The molecule has 1 spiro atoms. The molecule has 2 saturated heterocycles. The quantitative estimate of drug-likeness (QED) is 0.432. The zero-order valence-electron chi connectivity index (χ0n) is 20.8. The second-order valence-corrected chi connectivity index (χ2v) is 10.3. The number of ether oxygens (including phenoxy) is 1. The van der Waals surface area contributed by atoms with Crippen molar-refractivity contribution in [3.8, 4) is 0 Å². The minimum absolute atomic E-state index is 0.0522. The molecule has 35 heavy (non-hydrogen) atoms. The van der Waals surface area contributed by atoms with Crippen LogP contribution in [-0.2, 0) is 23.6 Å². The third kappa shape index (κ3) is 4.55. The van der Waals surface area contributed by atoms with E-state index in [-0.39, 0.29) is 23.7 Å². The Morgan fingerprint density at radius 3 is 2.57 bits per heavy atom. The van der Waals surface area contributed by atoms with E-state index in [0.717, 1.165) is 17.4 Å². The Labute approximate surface area is 203 Å². The number of nitrogens with two attached hydrogens (primary N) is 2. The van der Waals surface area contributed by atoms with E-state index in [2.05, 4.69) is 4.98 Å². The third-order valence-electron chi connectivity index (χ3n) is 7.73. The number of amides is 1. The van der Waals surface area contributed by atoms with Gasteiger partial charge >= 0.3 is 5.69 Å². The molecule has 1 amide bonds. The van der Waals surface area contributed by atoms with Crippen LogP contribution in [0.25, 0.3) is 11.2 Å². The molecular weight excluding hydrogens is 454 g/mol. The summed E-state index contributed by atoms with van der Waals surface area (Å²) in [5, 5.41) is 11.5. The van der Waals surface area contributed by atoms with Crippen molar-refractivity contribution in [1.82, 2.24) is 23.6 Å². The number of rotatable bonds is 6. The fourth-order valence-electron chi connectivity index (χ4n) is 5.56. The molecule has 0 radical (unpaired) electrons. The number of hydrogen-bond donors (Lipinski definition) is 3. The molecule has 2 aromatic heterocycles. The van der Waals surface area contributed by atoms with Gasteiger partial charge in [0.15, 0.2) is 11.2 Å². The Bertz CT molecular complexity index is 1210. The van der Waals surface area contributed by atoms with Gasteiger partial charge in [0.2, 0.25) is 5.91 Å². The molecule has 2 aliphatic rings. The van der Waals surface area contributed by atoms with Gasteiger partial charge in [0.05, 0.1) is 36.2 Å².